The molecule has 0 aliphatic heterocycles. The Kier molecular flexibility index (Phi) is 4.57. The van der Waals surface area contributed by atoms with Crippen molar-refractivity contribution in [3.05, 3.63) is 53.2 Å². The number of hydrogen-bond acceptors (Lipinski definition) is 3. The van der Waals surface area contributed by atoms with Crippen LogP contribution in [0.5, 0.6) is 0 Å². The molecule has 21 heavy (non-hydrogen) atoms. The molecule has 0 spiro atoms. The molecule has 4 heteroatoms. The fraction of sp³-hybridized carbons (Fsp3) is 0.176. The number of aryl methyl sites for hydroxylation is 1. The highest BCUT2D eigenvalue weighted by atomic mass is 16.4. The summed E-state index contributed by atoms with van der Waals surface area (Å²) < 4.78 is 0. The number of rotatable bonds is 5. The molecule has 1 aromatic heterocycles. The Hall–Kier alpha value is -2.80. The topological polar surface area (TPSA) is 62.2 Å². The number of carbonyl (C=O) groups is 1. The van der Waals surface area contributed by atoms with E-state index in [1.807, 2.05) is 31.2 Å². The van der Waals surface area contributed by atoms with Crippen molar-refractivity contribution in [2.24, 2.45) is 0 Å². The van der Waals surface area contributed by atoms with Gasteiger partial charge in [0.2, 0.25) is 0 Å². The SMILES string of the molecule is C#Cc1cccc(Nc2cc(C(=O)O)cc(CCC)n2)c1. The molecular weight excluding hydrogens is 264 g/mol. The number of terminal acetylenes is 1. The van der Waals surface area contributed by atoms with Crippen LogP contribution < -0.4 is 5.32 Å². The zero-order valence-corrected chi connectivity index (χ0v) is 11.8. The van der Waals surface area contributed by atoms with E-state index in [0.717, 1.165) is 29.8 Å². The number of pyridine rings is 1. The number of carboxylic acid groups (broad SMARTS) is 1. The molecule has 2 rings (SSSR count). The molecule has 0 aliphatic rings. The van der Waals surface area contributed by atoms with Crippen LogP contribution in [0.1, 0.15) is 35.0 Å². The van der Waals surface area contributed by atoms with Crippen LogP contribution in [0.15, 0.2) is 36.4 Å². The summed E-state index contributed by atoms with van der Waals surface area (Å²) in [4.78, 5) is 15.6. The van der Waals surface area contributed by atoms with E-state index in [4.69, 9.17) is 11.5 Å². The molecule has 0 unspecified atom stereocenters. The molecule has 0 atom stereocenters. The quantitative estimate of drug-likeness (QED) is 0.823. The van der Waals surface area contributed by atoms with E-state index < -0.39 is 5.97 Å². The van der Waals surface area contributed by atoms with Gasteiger partial charge in [0.05, 0.1) is 5.56 Å². The second kappa shape index (κ2) is 6.58. The van der Waals surface area contributed by atoms with Gasteiger partial charge in [-0.1, -0.05) is 25.3 Å². The van der Waals surface area contributed by atoms with Gasteiger partial charge in [0.25, 0.3) is 0 Å². The molecule has 4 nitrogen and oxygen atoms in total. The van der Waals surface area contributed by atoms with Gasteiger partial charge in [-0.15, -0.1) is 6.42 Å². The van der Waals surface area contributed by atoms with Gasteiger partial charge in [-0.2, -0.15) is 0 Å². The van der Waals surface area contributed by atoms with Crippen LogP contribution >= 0.6 is 0 Å². The lowest BCUT2D eigenvalue weighted by atomic mass is 10.1. The Labute approximate surface area is 123 Å². The lowest BCUT2D eigenvalue weighted by Gasteiger charge is -2.09. The summed E-state index contributed by atoms with van der Waals surface area (Å²) in [5, 5.41) is 12.3. The predicted octanol–water partition coefficient (Wildman–Crippen LogP) is 3.46. The van der Waals surface area contributed by atoms with E-state index in [-0.39, 0.29) is 5.56 Å². The van der Waals surface area contributed by atoms with Gasteiger partial charge >= 0.3 is 5.97 Å². The summed E-state index contributed by atoms with van der Waals surface area (Å²) >= 11 is 0. The standard InChI is InChI=1S/C17H16N2O2/c1-3-6-14-10-13(17(20)21)11-16(18-14)19-15-8-5-7-12(4-2)9-15/h2,5,7-11H,3,6H2,1H3,(H,18,19)(H,20,21). The van der Waals surface area contributed by atoms with Crippen molar-refractivity contribution < 1.29 is 9.90 Å². The molecule has 2 N–H and O–H groups in total. The highest BCUT2D eigenvalue weighted by Gasteiger charge is 2.08. The minimum Gasteiger partial charge on any atom is -0.478 e. The average molecular weight is 280 g/mol. The van der Waals surface area contributed by atoms with Crippen molar-refractivity contribution >= 4 is 17.5 Å². The van der Waals surface area contributed by atoms with Crippen LogP contribution in [-0.4, -0.2) is 16.1 Å². The summed E-state index contributed by atoms with van der Waals surface area (Å²) in [6, 6.07) is 10.5. The first kappa shape index (κ1) is 14.6. The van der Waals surface area contributed by atoms with Crippen molar-refractivity contribution in [1.29, 1.82) is 0 Å². The Morgan fingerprint density at radius 1 is 1.38 bits per heavy atom. The number of nitrogens with one attached hydrogen (secondary N) is 1. The van der Waals surface area contributed by atoms with E-state index in [0.29, 0.717) is 5.82 Å². The molecule has 2 aromatic rings. The Morgan fingerprint density at radius 2 is 2.19 bits per heavy atom. The van der Waals surface area contributed by atoms with Gasteiger partial charge in [0.15, 0.2) is 0 Å². The summed E-state index contributed by atoms with van der Waals surface area (Å²) in [5.74, 6) is 2.10. The molecule has 0 saturated heterocycles. The first-order valence-corrected chi connectivity index (χ1v) is 6.70. The van der Waals surface area contributed by atoms with Crippen LogP contribution in [0.2, 0.25) is 0 Å². The molecule has 0 amide bonds. The van der Waals surface area contributed by atoms with Gasteiger partial charge in [0.1, 0.15) is 5.82 Å². The normalized spacial score (nSPS) is 9.90. The Morgan fingerprint density at radius 3 is 2.86 bits per heavy atom. The van der Waals surface area contributed by atoms with E-state index in [1.54, 1.807) is 6.07 Å². The minimum atomic E-state index is -0.963. The maximum atomic E-state index is 11.2. The van der Waals surface area contributed by atoms with Crippen molar-refractivity contribution in [1.82, 2.24) is 4.98 Å². The van der Waals surface area contributed by atoms with Crippen LogP contribution in [-0.2, 0) is 6.42 Å². The molecule has 0 bridgehead atoms. The number of anilines is 2. The smallest absolute Gasteiger partial charge is 0.335 e. The molecule has 0 aliphatic carbocycles. The lowest BCUT2D eigenvalue weighted by Crippen LogP contribution is -2.04. The summed E-state index contributed by atoms with van der Waals surface area (Å²) in [7, 11) is 0. The van der Waals surface area contributed by atoms with Crippen LogP contribution in [0, 0.1) is 12.3 Å². The maximum absolute atomic E-state index is 11.2. The molecule has 1 aromatic carbocycles. The zero-order chi connectivity index (χ0) is 15.2. The minimum absolute atomic E-state index is 0.226. The van der Waals surface area contributed by atoms with Gasteiger partial charge < -0.3 is 10.4 Å². The van der Waals surface area contributed by atoms with Gasteiger partial charge in [0, 0.05) is 16.9 Å². The van der Waals surface area contributed by atoms with Gasteiger partial charge in [-0.25, -0.2) is 9.78 Å². The summed E-state index contributed by atoms with van der Waals surface area (Å²) in [6.45, 7) is 2.03. The summed E-state index contributed by atoms with van der Waals surface area (Å²) in [6.07, 6.45) is 7.01. The highest BCUT2D eigenvalue weighted by Crippen LogP contribution is 2.18. The van der Waals surface area contributed by atoms with Crippen molar-refractivity contribution in [3.63, 3.8) is 0 Å². The third-order valence-electron chi connectivity index (χ3n) is 2.93. The maximum Gasteiger partial charge on any atom is 0.335 e. The molecule has 0 fully saturated rings. The fourth-order valence-electron chi connectivity index (χ4n) is 1.99. The predicted molar refractivity (Wildman–Crippen MR) is 82.9 cm³/mol. The van der Waals surface area contributed by atoms with Crippen LogP contribution in [0.4, 0.5) is 11.5 Å². The van der Waals surface area contributed by atoms with Crippen LogP contribution in [0.25, 0.3) is 0 Å². The van der Waals surface area contributed by atoms with Crippen molar-refractivity contribution in [2.45, 2.75) is 19.8 Å². The van der Waals surface area contributed by atoms with Gasteiger partial charge in [-0.3, -0.25) is 0 Å². The van der Waals surface area contributed by atoms with E-state index >= 15 is 0 Å². The second-order valence-electron chi connectivity index (χ2n) is 4.64. The number of hydrogen-bond donors (Lipinski definition) is 2. The Bertz CT molecular complexity index is 702. The third-order valence-corrected chi connectivity index (χ3v) is 2.93. The first-order valence-electron chi connectivity index (χ1n) is 6.70. The van der Waals surface area contributed by atoms with Crippen molar-refractivity contribution in [2.75, 3.05) is 5.32 Å². The zero-order valence-electron chi connectivity index (χ0n) is 11.8. The average Bonchev–Trinajstić information content (AvgIpc) is 2.47. The second-order valence-corrected chi connectivity index (χ2v) is 4.64. The monoisotopic (exact) mass is 280 g/mol. The number of carboxylic acids is 1. The number of benzene rings is 1. The van der Waals surface area contributed by atoms with Crippen LogP contribution in [0.3, 0.4) is 0 Å². The van der Waals surface area contributed by atoms with Gasteiger partial charge in [-0.05, 0) is 36.8 Å². The highest BCUT2D eigenvalue weighted by molar-refractivity contribution is 5.88. The number of aromatic carboxylic acids is 1. The first-order chi connectivity index (χ1) is 10.1. The van der Waals surface area contributed by atoms with E-state index in [2.05, 4.69) is 16.2 Å². The molecule has 0 saturated carbocycles. The number of aromatic nitrogens is 1. The third kappa shape index (κ3) is 3.83. The molecule has 0 radical (unpaired) electrons. The van der Waals surface area contributed by atoms with Crippen molar-refractivity contribution in [3.8, 4) is 12.3 Å². The van der Waals surface area contributed by atoms with E-state index in [9.17, 15) is 4.79 Å². The largest absolute Gasteiger partial charge is 0.478 e. The lowest BCUT2D eigenvalue weighted by molar-refractivity contribution is 0.0696. The molecule has 106 valence electrons. The fourth-order valence-corrected chi connectivity index (χ4v) is 1.99. The summed E-state index contributed by atoms with van der Waals surface area (Å²) in [5.41, 5.74) is 2.52. The number of nitrogens with zero attached hydrogens (tertiary/aromatic N) is 1. The Balaban J connectivity index is 2.34. The molecular formula is C17H16N2O2. The molecule has 1 heterocycles. The van der Waals surface area contributed by atoms with E-state index in [1.165, 1.54) is 6.07 Å².